The number of benzene rings is 2. The third-order valence-electron chi connectivity index (χ3n) is 3.50. The van der Waals surface area contributed by atoms with Crippen LogP contribution in [0, 0.1) is 24.5 Å². The van der Waals surface area contributed by atoms with E-state index in [4.69, 9.17) is 0 Å². The van der Waals surface area contributed by atoms with E-state index in [1.165, 1.54) is 12.1 Å². The lowest BCUT2D eigenvalue weighted by atomic mass is 9.92. The van der Waals surface area contributed by atoms with E-state index < -0.39 is 11.6 Å². The maximum absolute atomic E-state index is 14.0. The van der Waals surface area contributed by atoms with E-state index in [1.807, 2.05) is 31.2 Å². The zero-order valence-electron chi connectivity index (χ0n) is 11.7. The van der Waals surface area contributed by atoms with Gasteiger partial charge in [-0.05, 0) is 59.3 Å². The summed E-state index contributed by atoms with van der Waals surface area (Å²) in [4.78, 5) is 0. The maximum atomic E-state index is 14.0. The molecule has 112 valence electrons. The second-order valence-electron chi connectivity index (χ2n) is 5.27. The summed E-state index contributed by atoms with van der Waals surface area (Å²) < 4.78 is 28.0. The average molecular weight is 355 g/mol. The molecule has 21 heavy (non-hydrogen) atoms. The van der Waals surface area contributed by atoms with E-state index in [1.54, 1.807) is 0 Å². The molecule has 0 amide bonds. The summed E-state index contributed by atoms with van der Waals surface area (Å²) in [6.45, 7) is 1.88. The molecule has 4 heteroatoms. The topological polar surface area (TPSA) is 20.2 Å². The van der Waals surface area contributed by atoms with Gasteiger partial charge in [-0.2, -0.15) is 0 Å². The van der Waals surface area contributed by atoms with E-state index in [0.29, 0.717) is 6.42 Å². The maximum Gasteiger partial charge on any atom is 0.143 e. The van der Waals surface area contributed by atoms with Gasteiger partial charge >= 0.3 is 0 Å². The molecular weight excluding hydrogens is 338 g/mol. The van der Waals surface area contributed by atoms with Crippen molar-refractivity contribution in [1.82, 2.24) is 0 Å². The molecule has 0 aliphatic heterocycles. The Labute approximate surface area is 131 Å². The fourth-order valence-corrected chi connectivity index (χ4v) is 2.79. The highest BCUT2D eigenvalue weighted by molar-refractivity contribution is 9.10. The molecule has 2 rings (SSSR count). The summed E-state index contributed by atoms with van der Waals surface area (Å²) in [6.07, 6.45) is 0.755. The van der Waals surface area contributed by atoms with Crippen LogP contribution in [0.15, 0.2) is 40.9 Å². The van der Waals surface area contributed by atoms with E-state index in [9.17, 15) is 13.9 Å². The highest BCUT2D eigenvalue weighted by atomic mass is 79.9. The Morgan fingerprint density at radius 2 is 1.90 bits per heavy atom. The Morgan fingerprint density at radius 1 is 1.14 bits per heavy atom. The second kappa shape index (κ2) is 7.14. The molecule has 0 saturated heterocycles. The molecule has 0 radical (unpaired) electrons. The molecule has 0 aliphatic carbocycles. The Bertz CT molecular complexity index is 628. The molecule has 0 saturated carbocycles. The first-order chi connectivity index (χ1) is 10.0. The van der Waals surface area contributed by atoms with E-state index in [2.05, 4.69) is 15.9 Å². The normalized spacial score (nSPS) is 12.4. The fourth-order valence-electron chi connectivity index (χ4n) is 2.42. The Morgan fingerprint density at radius 3 is 2.57 bits per heavy atom. The summed E-state index contributed by atoms with van der Waals surface area (Å²) in [5.41, 5.74) is 2.21. The van der Waals surface area contributed by atoms with Crippen molar-refractivity contribution in [2.75, 3.05) is 6.61 Å². The van der Waals surface area contributed by atoms with E-state index in [-0.39, 0.29) is 29.0 Å². The highest BCUT2D eigenvalue weighted by Gasteiger charge is 2.18. The first-order valence-corrected chi connectivity index (χ1v) is 7.59. The fraction of sp³-hybridized carbons (Fsp3) is 0.294. The van der Waals surface area contributed by atoms with Crippen LogP contribution in [0.4, 0.5) is 8.78 Å². The summed E-state index contributed by atoms with van der Waals surface area (Å²) in [7, 11) is 0. The van der Waals surface area contributed by atoms with Gasteiger partial charge in [0.15, 0.2) is 0 Å². The van der Waals surface area contributed by atoms with E-state index >= 15 is 0 Å². The number of halogens is 3. The van der Waals surface area contributed by atoms with Crippen molar-refractivity contribution in [3.05, 3.63) is 69.2 Å². The predicted molar refractivity (Wildman–Crippen MR) is 83.2 cm³/mol. The van der Waals surface area contributed by atoms with Crippen LogP contribution in [-0.4, -0.2) is 11.7 Å². The Kier molecular flexibility index (Phi) is 5.48. The van der Waals surface area contributed by atoms with Crippen molar-refractivity contribution in [2.45, 2.75) is 19.8 Å². The summed E-state index contributed by atoms with van der Waals surface area (Å²) in [5, 5.41) is 9.51. The monoisotopic (exact) mass is 354 g/mol. The van der Waals surface area contributed by atoms with Gasteiger partial charge in [0, 0.05) is 12.2 Å². The van der Waals surface area contributed by atoms with Gasteiger partial charge in [-0.15, -0.1) is 0 Å². The number of hydrogen-bond acceptors (Lipinski definition) is 1. The molecule has 0 heterocycles. The summed E-state index contributed by atoms with van der Waals surface area (Å²) in [6, 6.07) is 10.5. The third kappa shape index (κ3) is 4.11. The molecule has 0 fully saturated rings. The lowest BCUT2D eigenvalue weighted by molar-refractivity contribution is 0.223. The van der Waals surface area contributed by atoms with Crippen LogP contribution >= 0.6 is 15.9 Å². The first kappa shape index (κ1) is 16.1. The molecule has 0 aromatic heterocycles. The van der Waals surface area contributed by atoms with Crippen molar-refractivity contribution in [2.24, 2.45) is 5.92 Å². The zero-order valence-corrected chi connectivity index (χ0v) is 13.3. The molecule has 0 aliphatic rings. The molecule has 2 aromatic rings. The number of rotatable bonds is 5. The van der Waals surface area contributed by atoms with Crippen molar-refractivity contribution in [3.63, 3.8) is 0 Å². The first-order valence-electron chi connectivity index (χ1n) is 6.80. The van der Waals surface area contributed by atoms with Crippen molar-refractivity contribution in [1.29, 1.82) is 0 Å². The average Bonchev–Trinajstić information content (AvgIpc) is 2.46. The minimum Gasteiger partial charge on any atom is -0.396 e. The Hall–Kier alpha value is -1.26. The van der Waals surface area contributed by atoms with E-state index in [0.717, 1.165) is 11.1 Å². The van der Waals surface area contributed by atoms with Crippen LogP contribution in [0.25, 0.3) is 0 Å². The molecule has 0 spiro atoms. The molecule has 1 N–H and O–H groups in total. The smallest absolute Gasteiger partial charge is 0.143 e. The summed E-state index contributed by atoms with van der Waals surface area (Å²) in [5.74, 6) is -1.37. The number of aliphatic hydroxyl groups excluding tert-OH is 1. The quantitative estimate of drug-likeness (QED) is 0.787. The largest absolute Gasteiger partial charge is 0.396 e. The number of aliphatic hydroxyl groups is 1. The van der Waals surface area contributed by atoms with Crippen LogP contribution < -0.4 is 0 Å². The molecule has 0 bridgehead atoms. The van der Waals surface area contributed by atoms with Gasteiger partial charge in [0.05, 0.1) is 4.47 Å². The van der Waals surface area contributed by atoms with Crippen molar-refractivity contribution < 1.29 is 13.9 Å². The van der Waals surface area contributed by atoms with Crippen molar-refractivity contribution >= 4 is 15.9 Å². The lowest BCUT2D eigenvalue weighted by Crippen LogP contribution is -2.15. The standard InChI is InChI=1S/C17H17BrF2O/c1-11-3-2-4-12(7-11)8-13(10-21)9-14-16(19)6-5-15(18)17(14)20/h2-7,13,21H,8-10H2,1H3. The van der Waals surface area contributed by atoms with Gasteiger partial charge in [0.1, 0.15) is 11.6 Å². The number of aryl methyl sites for hydroxylation is 1. The molecular formula is C17H17BrF2O. The molecule has 2 aromatic carbocycles. The second-order valence-corrected chi connectivity index (χ2v) is 6.12. The van der Waals surface area contributed by atoms with Crippen LogP contribution in [0.1, 0.15) is 16.7 Å². The molecule has 1 unspecified atom stereocenters. The van der Waals surface area contributed by atoms with Crippen LogP contribution in [-0.2, 0) is 12.8 Å². The van der Waals surface area contributed by atoms with Gasteiger partial charge < -0.3 is 5.11 Å². The Balaban J connectivity index is 2.18. The lowest BCUT2D eigenvalue weighted by Gasteiger charge is -2.16. The van der Waals surface area contributed by atoms with Crippen molar-refractivity contribution in [3.8, 4) is 0 Å². The van der Waals surface area contributed by atoms with Crippen LogP contribution in [0.3, 0.4) is 0 Å². The number of hydrogen-bond donors (Lipinski definition) is 1. The minimum atomic E-state index is -0.585. The third-order valence-corrected chi connectivity index (χ3v) is 4.11. The van der Waals surface area contributed by atoms with Gasteiger partial charge in [0.2, 0.25) is 0 Å². The highest BCUT2D eigenvalue weighted by Crippen LogP contribution is 2.25. The molecule has 1 atom stereocenters. The van der Waals surface area contributed by atoms with Crippen LogP contribution in [0.5, 0.6) is 0 Å². The zero-order chi connectivity index (χ0) is 15.4. The predicted octanol–water partition coefficient (Wildman–Crippen LogP) is 4.43. The minimum absolute atomic E-state index is 0.0241. The van der Waals surface area contributed by atoms with Gasteiger partial charge in [0.25, 0.3) is 0 Å². The SMILES string of the molecule is Cc1cccc(CC(CO)Cc2c(F)ccc(Br)c2F)c1. The summed E-state index contributed by atoms with van der Waals surface area (Å²) >= 11 is 3.06. The molecule has 1 nitrogen and oxygen atoms in total. The van der Waals surface area contributed by atoms with Gasteiger partial charge in [-0.25, -0.2) is 8.78 Å². The van der Waals surface area contributed by atoms with Crippen LogP contribution in [0.2, 0.25) is 0 Å². The van der Waals surface area contributed by atoms with Gasteiger partial charge in [-0.3, -0.25) is 0 Å². The van der Waals surface area contributed by atoms with Gasteiger partial charge in [-0.1, -0.05) is 29.8 Å².